The van der Waals surface area contributed by atoms with Gasteiger partial charge >= 0.3 is 0 Å². The molecule has 1 aromatic heterocycles. The number of nitrogens with zero attached hydrogens (tertiary/aromatic N) is 1. The van der Waals surface area contributed by atoms with Gasteiger partial charge in [-0.1, -0.05) is 0 Å². The lowest BCUT2D eigenvalue weighted by Gasteiger charge is -2.13. The fourth-order valence-corrected chi connectivity index (χ4v) is 1.12. The van der Waals surface area contributed by atoms with E-state index >= 15 is 0 Å². The van der Waals surface area contributed by atoms with Crippen molar-refractivity contribution in [1.29, 1.82) is 0 Å². The first-order valence-electron chi connectivity index (χ1n) is 4.63. The number of rotatable bonds is 4. The Hall–Kier alpha value is -0.880. The van der Waals surface area contributed by atoms with Crippen molar-refractivity contribution in [2.45, 2.75) is 13.0 Å². The Morgan fingerprint density at radius 2 is 2.24 bits per heavy atom. The first-order valence-corrected chi connectivity index (χ1v) is 4.63. The molecule has 0 saturated carbocycles. The lowest BCUT2D eigenvalue weighted by molar-refractivity contribution is -0.125. The predicted octanol–water partition coefficient (Wildman–Crippen LogP) is 1.15. The Labute approximate surface area is 113 Å². The van der Waals surface area contributed by atoms with Gasteiger partial charge in [0, 0.05) is 19.9 Å². The monoisotopic (exact) mass is 281 g/mol. The normalized spacial score (nSPS) is 10.8. The molecule has 0 aromatic carbocycles. The van der Waals surface area contributed by atoms with Gasteiger partial charge in [-0.3, -0.25) is 9.78 Å². The molecule has 0 aliphatic heterocycles. The summed E-state index contributed by atoms with van der Waals surface area (Å²) in [4.78, 5) is 15.5. The van der Waals surface area contributed by atoms with Gasteiger partial charge in [0.05, 0.1) is 11.9 Å². The second-order valence-corrected chi connectivity index (χ2v) is 3.14. The highest BCUT2D eigenvalue weighted by atomic mass is 35.5. The molecule has 1 rings (SSSR count). The summed E-state index contributed by atoms with van der Waals surface area (Å²) in [6.45, 7) is 2.04. The molecule has 3 N–H and O–H groups in total. The van der Waals surface area contributed by atoms with Crippen molar-refractivity contribution in [1.82, 2.24) is 4.98 Å². The number of amides is 1. The second-order valence-electron chi connectivity index (χ2n) is 3.14. The van der Waals surface area contributed by atoms with Crippen molar-refractivity contribution in [3.63, 3.8) is 0 Å². The number of nitrogens with two attached hydrogens (primary N) is 1. The number of carbonyl (C=O) groups is 1. The molecule has 1 atom stereocenters. The Morgan fingerprint density at radius 1 is 1.59 bits per heavy atom. The smallest absolute Gasteiger partial charge is 0.254 e. The number of hydrogen-bond acceptors (Lipinski definition) is 4. The number of methoxy groups -OCH3 is 1. The molecule has 1 aromatic rings. The number of pyridine rings is 1. The zero-order chi connectivity index (χ0) is 11.3. The predicted molar refractivity (Wildman–Crippen MR) is 72.0 cm³/mol. The number of halogens is 2. The molecule has 0 aliphatic carbocycles. The van der Waals surface area contributed by atoms with Gasteiger partial charge in [-0.25, -0.2) is 0 Å². The van der Waals surface area contributed by atoms with Gasteiger partial charge in [0.25, 0.3) is 5.91 Å². The number of aryl methyl sites for hydroxylation is 1. The van der Waals surface area contributed by atoms with E-state index in [-0.39, 0.29) is 37.3 Å². The fourth-order valence-electron chi connectivity index (χ4n) is 1.12. The van der Waals surface area contributed by atoms with Crippen molar-refractivity contribution in [2.75, 3.05) is 19.0 Å². The molecule has 1 unspecified atom stereocenters. The summed E-state index contributed by atoms with van der Waals surface area (Å²) in [5, 5.41) is 2.71. The van der Waals surface area contributed by atoms with E-state index in [0.717, 1.165) is 5.56 Å². The summed E-state index contributed by atoms with van der Waals surface area (Å²) in [5.41, 5.74) is 7.00. The van der Waals surface area contributed by atoms with Crippen LogP contribution in [0, 0.1) is 6.92 Å². The second kappa shape index (κ2) is 9.18. The van der Waals surface area contributed by atoms with Gasteiger partial charge in [0.2, 0.25) is 0 Å². The van der Waals surface area contributed by atoms with Crippen LogP contribution in [-0.4, -0.2) is 30.6 Å². The number of ether oxygens (including phenoxy) is 1. The maximum absolute atomic E-state index is 11.6. The number of carbonyl (C=O) groups excluding carboxylic acids is 1. The van der Waals surface area contributed by atoms with Crippen LogP contribution in [0.5, 0.6) is 0 Å². The first kappa shape index (κ1) is 18.5. The lowest BCUT2D eigenvalue weighted by atomic mass is 10.2. The van der Waals surface area contributed by atoms with E-state index in [2.05, 4.69) is 10.3 Å². The molecule has 0 fully saturated rings. The van der Waals surface area contributed by atoms with E-state index in [1.807, 2.05) is 13.0 Å². The Balaban J connectivity index is 0. The molecule has 0 saturated heterocycles. The van der Waals surface area contributed by atoms with Crippen molar-refractivity contribution < 1.29 is 9.53 Å². The van der Waals surface area contributed by atoms with Crippen molar-refractivity contribution >= 4 is 36.4 Å². The lowest BCUT2D eigenvalue weighted by Crippen LogP contribution is -2.36. The number of nitrogens with one attached hydrogen (secondary N) is 1. The maximum atomic E-state index is 11.6. The Kier molecular flexibility index (Phi) is 9.98. The maximum Gasteiger partial charge on any atom is 0.254 e. The van der Waals surface area contributed by atoms with Crippen LogP contribution in [0.25, 0.3) is 0 Å². The van der Waals surface area contributed by atoms with Crippen molar-refractivity contribution in [2.24, 2.45) is 5.73 Å². The number of anilines is 1. The highest BCUT2D eigenvalue weighted by molar-refractivity contribution is 5.94. The summed E-state index contributed by atoms with van der Waals surface area (Å²) in [6, 6.07) is 1.82. The van der Waals surface area contributed by atoms with Crippen molar-refractivity contribution in [3.8, 4) is 0 Å². The summed E-state index contributed by atoms with van der Waals surface area (Å²) < 4.78 is 4.92. The number of aromatic nitrogens is 1. The summed E-state index contributed by atoms with van der Waals surface area (Å²) in [7, 11) is 1.45. The minimum Gasteiger partial charge on any atom is -0.370 e. The molecule has 7 heteroatoms. The molecular weight excluding hydrogens is 265 g/mol. The van der Waals surface area contributed by atoms with Crippen LogP contribution in [0.4, 0.5) is 5.69 Å². The van der Waals surface area contributed by atoms with Gasteiger partial charge < -0.3 is 15.8 Å². The van der Waals surface area contributed by atoms with Crippen LogP contribution in [0.3, 0.4) is 0 Å². The van der Waals surface area contributed by atoms with E-state index < -0.39 is 6.10 Å². The quantitative estimate of drug-likeness (QED) is 0.868. The van der Waals surface area contributed by atoms with Crippen LogP contribution >= 0.6 is 24.8 Å². The van der Waals surface area contributed by atoms with Gasteiger partial charge in [-0.05, 0) is 18.6 Å². The van der Waals surface area contributed by atoms with E-state index in [0.29, 0.717) is 5.69 Å². The number of hydrogen-bond donors (Lipinski definition) is 2. The average molecular weight is 282 g/mol. The molecular formula is C10H17Cl2N3O2. The van der Waals surface area contributed by atoms with Gasteiger partial charge in [-0.2, -0.15) is 0 Å². The van der Waals surface area contributed by atoms with Gasteiger partial charge in [0.1, 0.15) is 6.10 Å². The Bertz CT molecular complexity index is 346. The van der Waals surface area contributed by atoms with Crippen LogP contribution in [0.15, 0.2) is 18.5 Å². The van der Waals surface area contributed by atoms with E-state index in [9.17, 15) is 4.79 Å². The molecule has 17 heavy (non-hydrogen) atoms. The minimum atomic E-state index is -0.621. The van der Waals surface area contributed by atoms with E-state index in [4.69, 9.17) is 10.5 Å². The minimum absolute atomic E-state index is 0. The van der Waals surface area contributed by atoms with Gasteiger partial charge in [0.15, 0.2) is 0 Å². The zero-order valence-electron chi connectivity index (χ0n) is 9.67. The molecule has 0 aliphatic rings. The van der Waals surface area contributed by atoms with E-state index in [1.54, 1.807) is 12.4 Å². The average Bonchev–Trinajstić information content (AvgIpc) is 2.23. The summed E-state index contributed by atoms with van der Waals surface area (Å²) >= 11 is 0. The standard InChI is InChI=1S/C10H15N3O2.2ClH/c1-7-3-4-12-6-8(7)13-10(14)9(5-11)15-2;;/h3-4,6,9H,5,11H2,1-2H3,(H,13,14);2*1H. The Morgan fingerprint density at radius 3 is 2.71 bits per heavy atom. The molecule has 98 valence electrons. The molecule has 0 spiro atoms. The molecule has 0 radical (unpaired) electrons. The van der Waals surface area contributed by atoms with Crippen molar-refractivity contribution in [3.05, 3.63) is 24.0 Å². The molecule has 0 bridgehead atoms. The van der Waals surface area contributed by atoms with Crippen LogP contribution in [-0.2, 0) is 9.53 Å². The molecule has 1 amide bonds. The zero-order valence-corrected chi connectivity index (χ0v) is 11.3. The highest BCUT2D eigenvalue weighted by Gasteiger charge is 2.16. The SMILES string of the molecule is COC(CN)C(=O)Nc1cnccc1C.Cl.Cl. The van der Waals surface area contributed by atoms with Gasteiger partial charge in [-0.15, -0.1) is 24.8 Å². The molecule has 5 nitrogen and oxygen atoms in total. The third-order valence-electron chi connectivity index (χ3n) is 2.09. The van der Waals surface area contributed by atoms with Crippen LogP contribution < -0.4 is 11.1 Å². The van der Waals surface area contributed by atoms with Crippen LogP contribution in [0.2, 0.25) is 0 Å². The molecule has 1 heterocycles. The third kappa shape index (κ3) is 5.32. The van der Waals surface area contributed by atoms with Crippen LogP contribution in [0.1, 0.15) is 5.56 Å². The largest absolute Gasteiger partial charge is 0.370 e. The first-order chi connectivity index (χ1) is 7.19. The van der Waals surface area contributed by atoms with E-state index in [1.165, 1.54) is 7.11 Å². The third-order valence-corrected chi connectivity index (χ3v) is 2.09. The fraction of sp³-hybridized carbons (Fsp3) is 0.400. The topological polar surface area (TPSA) is 77.2 Å². The summed E-state index contributed by atoms with van der Waals surface area (Å²) in [6.07, 6.45) is 2.64. The highest BCUT2D eigenvalue weighted by Crippen LogP contribution is 2.11. The summed E-state index contributed by atoms with van der Waals surface area (Å²) in [5.74, 6) is -0.254.